The van der Waals surface area contributed by atoms with Crippen LogP contribution in [0.1, 0.15) is 58.6 Å². The van der Waals surface area contributed by atoms with E-state index in [4.69, 9.17) is 33.2 Å². The fourth-order valence-electron chi connectivity index (χ4n) is 3.53. The zero-order chi connectivity index (χ0) is 31.9. The van der Waals surface area contributed by atoms with Gasteiger partial charge in [-0.1, -0.05) is 25.8 Å². The standard InChI is InChI=1S/C28H41ClN6O7/c1-7-12-32-26(39)41-16-19-14-20(11-10-18(19)15-29)33-23(36)21(9-8-13-31-25(30)38)34-24(37)22(17(2)3)35-27(40)42-28(4,5)6/h1,10-11,14,17,21-22H,8-9,12-13,15-16H2,2-6H3,(H,32,39)(H,33,36)(H,34,37)(H,35,40)(H3,30,31,38)/t21-,22-/m0/s1. The van der Waals surface area contributed by atoms with E-state index in [9.17, 15) is 24.0 Å². The lowest BCUT2D eigenvalue weighted by atomic mass is 10.0. The average Bonchev–Trinajstić information content (AvgIpc) is 2.89. The molecule has 13 nitrogen and oxygen atoms in total. The first-order chi connectivity index (χ1) is 19.7. The molecule has 0 saturated heterocycles. The first kappa shape index (κ1) is 35.8. The molecule has 0 heterocycles. The van der Waals surface area contributed by atoms with Gasteiger partial charge in [0, 0.05) is 18.1 Å². The van der Waals surface area contributed by atoms with Crippen molar-refractivity contribution in [1.29, 1.82) is 0 Å². The number of urea groups is 1. The van der Waals surface area contributed by atoms with E-state index in [-0.39, 0.29) is 37.9 Å². The summed E-state index contributed by atoms with van der Waals surface area (Å²) in [6.45, 7) is 8.61. The van der Waals surface area contributed by atoms with Gasteiger partial charge in [-0.05, 0) is 62.8 Å². The Labute approximate surface area is 251 Å². The first-order valence-corrected chi connectivity index (χ1v) is 13.9. The van der Waals surface area contributed by atoms with Crippen LogP contribution in [0.3, 0.4) is 0 Å². The second-order valence-electron chi connectivity index (χ2n) is 10.6. The highest BCUT2D eigenvalue weighted by molar-refractivity contribution is 6.17. The Kier molecular flexibility index (Phi) is 15.0. The summed E-state index contributed by atoms with van der Waals surface area (Å²) in [5, 5.41) is 12.8. The van der Waals surface area contributed by atoms with Crippen molar-refractivity contribution in [3.63, 3.8) is 0 Å². The van der Waals surface area contributed by atoms with E-state index in [1.165, 1.54) is 0 Å². The van der Waals surface area contributed by atoms with Gasteiger partial charge < -0.3 is 41.8 Å². The lowest BCUT2D eigenvalue weighted by Crippen LogP contribution is -2.55. The van der Waals surface area contributed by atoms with Gasteiger partial charge in [-0.15, -0.1) is 18.0 Å². The van der Waals surface area contributed by atoms with Gasteiger partial charge >= 0.3 is 18.2 Å². The third-order valence-corrected chi connectivity index (χ3v) is 5.82. The first-order valence-electron chi connectivity index (χ1n) is 13.3. The van der Waals surface area contributed by atoms with Crippen LogP contribution in [0.4, 0.5) is 20.1 Å². The number of terminal acetylenes is 1. The topological polar surface area (TPSA) is 190 Å². The Morgan fingerprint density at radius 2 is 1.71 bits per heavy atom. The van der Waals surface area contributed by atoms with Crippen LogP contribution in [-0.4, -0.2) is 60.8 Å². The predicted molar refractivity (Wildman–Crippen MR) is 158 cm³/mol. The number of benzene rings is 1. The third-order valence-electron chi connectivity index (χ3n) is 5.53. The van der Waals surface area contributed by atoms with Gasteiger partial charge in [0.15, 0.2) is 0 Å². The maximum Gasteiger partial charge on any atom is 0.408 e. The number of alkyl halides is 1. The normalized spacial score (nSPS) is 12.2. The second kappa shape index (κ2) is 17.6. The largest absolute Gasteiger partial charge is 0.445 e. The maximum absolute atomic E-state index is 13.3. The van der Waals surface area contributed by atoms with Crippen LogP contribution in [0.15, 0.2) is 18.2 Å². The number of amides is 6. The SMILES string of the molecule is C#CCNC(=O)OCc1cc(NC(=O)[C@H](CCCNC(N)=O)NC(=O)[C@@H](NC(=O)OC(C)(C)C)C(C)C)ccc1CCl. The Bertz CT molecular complexity index is 1150. The van der Waals surface area contributed by atoms with Gasteiger partial charge in [-0.3, -0.25) is 9.59 Å². The fourth-order valence-corrected chi connectivity index (χ4v) is 3.79. The van der Waals surface area contributed by atoms with Crippen molar-refractivity contribution in [3.05, 3.63) is 29.3 Å². The van der Waals surface area contributed by atoms with Gasteiger partial charge in [0.05, 0.1) is 6.54 Å². The molecule has 2 atom stereocenters. The Hall–Kier alpha value is -4.18. The van der Waals surface area contributed by atoms with Crippen LogP contribution in [0.25, 0.3) is 0 Å². The molecule has 0 unspecified atom stereocenters. The lowest BCUT2D eigenvalue weighted by molar-refractivity contribution is -0.128. The molecule has 0 bridgehead atoms. The Morgan fingerprint density at radius 3 is 2.29 bits per heavy atom. The van der Waals surface area contributed by atoms with Crippen LogP contribution in [-0.2, 0) is 31.5 Å². The second-order valence-corrected chi connectivity index (χ2v) is 10.9. The van der Waals surface area contributed by atoms with Gasteiger partial charge in [0.25, 0.3) is 0 Å². The number of primary amides is 1. The molecule has 232 valence electrons. The predicted octanol–water partition coefficient (Wildman–Crippen LogP) is 2.71. The van der Waals surface area contributed by atoms with Crippen LogP contribution in [0, 0.1) is 18.3 Å². The van der Waals surface area contributed by atoms with Crippen LogP contribution < -0.4 is 32.3 Å². The number of anilines is 1. The zero-order valence-electron chi connectivity index (χ0n) is 24.6. The van der Waals surface area contributed by atoms with Crippen molar-refractivity contribution in [2.24, 2.45) is 11.7 Å². The van der Waals surface area contributed by atoms with Crippen molar-refractivity contribution < 1.29 is 33.4 Å². The molecule has 1 rings (SSSR count). The number of alkyl carbamates (subject to hydrolysis) is 2. The molecule has 1 aromatic rings. The van der Waals surface area contributed by atoms with E-state index in [1.54, 1.807) is 52.8 Å². The fraction of sp³-hybridized carbons (Fsp3) is 0.536. The number of hydrogen-bond acceptors (Lipinski definition) is 7. The summed E-state index contributed by atoms with van der Waals surface area (Å²) in [5.74, 6) is 0.913. The minimum Gasteiger partial charge on any atom is -0.445 e. The molecular formula is C28H41ClN6O7. The Balaban J connectivity index is 3.09. The number of halogens is 1. The summed E-state index contributed by atoms with van der Waals surface area (Å²) < 4.78 is 10.4. The minimum atomic E-state index is -1.05. The molecule has 0 aliphatic carbocycles. The Morgan fingerprint density at radius 1 is 1.02 bits per heavy atom. The van der Waals surface area contributed by atoms with Crippen LogP contribution in [0.5, 0.6) is 0 Å². The quantitative estimate of drug-likeness (QED) is 0.106. The van der Waals surface area contributed by atoms with E-state index < -0.39 is 47.7 Å². The number of hydrogen-bond donors (Lipinski definition) is 6. The van der Waals surface area contributed by atoms with Gasteiger partial charge in [0.1, 0.15) is 24.3 Å². The highest BCUT2D eigenvalue weighted by atomic mass is 35.5. The minimum absolute atomic E-state index is 0.00429. The smallest absolute Gasteiger partial charge is 0.408 e. The van der Waals surface area contributed by atoms with E-state index in [2.05, 4.69) is 32.5 Å². The van der Waals surface area contributed by atoms with Crippen molar-refractivity contribution >= 4 is 47.3 Å². The molecule has 0 aromatic heterocycles. The van der Waals surface area contributed by atoms with E-state index >= 15 is 0 Å². The molecule has 0 aliphatic rings. The molecule has 7 N–H and O–H groups in total. The number of carbonyl (C=O) groups is 5. The number of carbonyl (C=O) groups excluding carboxylic acids is 5. The van der Waals surface area contributed by atoms with Gasteiger partial charge in [-0.25, -0.2) is 14.4 Å². The number of nitrogens with one attached hydrogen (secondary N) is 5. The molecule has 0 aliphatic heterocycles. The molecular weight excluding hydrogens is 568 g/mol. The molecule has 42 heavy (non-hydrogen) atoms. The number of rotatable bonds is 14. The van der Waals surface area contributed by atoms with Crippen molar-refractivity contribution in [1.82, 2.24) is 21.3 Å². The summed E-state index contributed by atoms with van der Waals surface area (Å²) in [6.07, 6.45) is 4.09. The van der Waals surface area contributed by atoms with Gasteiger partial charge in [-0.2, -0.15) is 0 Å². The molecule has 0 saturated carbocycles. The molecule has 0 radical (unpaired) electrons. The lowest BCUT2D eigenvalue weighted by Gasteiger charge is -2.27. The third kappa shape index (κ3) is 13.9. The average molecular weight is 609 g/mol. The van der Waals surface area contributed by atoms with Crippen LogP contribution in [0.2, 0.25) is 0 Å². The van der Waals surface area contributed by atoms with Crippen molar-refractivity contribution in [3.8, 4) is 12.3 Å². The summed E-state index contributed by atoms with van der Waals surface area (Å²) >= 11 is 6.02. The van der Waals surface area contributed by atoms with Crippen molar-refractivity contribution in [2.75, 3.05) is 18.4 Å². The highest BCUT2D eigenvalue weighted by Gasteiger charge is 2.30. The van der Waals surface area contributed by atoms with E-state index in [1.807, 2.05) is 0 Å². The van der Waals surface area contributed by atoms with Gasteiger partial charge in [0.2, 0.25) is 11.8 Å². The molecule has 0 fully saturated rings. The van der Waals surface area contributed by atoms with E-state index in [0.29, 0.717) is 23.2 Å². The monoisotopic (exact) mass is 608 g/mol. The summed E-state index contributed by atoms with van der Waals surface area (Å²) in [5.41, 5.74) is 5.93. The summed E-state index contributed by atoms with van der Waals surface area (Å²) in [7, 11) is 0. The van der Waals surface area contributed by atoms with Crippen LogP contribution >= 0.6 is 11.6 Å². The molecule has 0 spiro atoms. The van der Waals surface area contributed by atoms with E-state index in [0.717, 1.165) is 0 Å². The summed E-state index contributed by atoms with van der Waals surface area (Å²) in [4.78, 5) is 61.8. The molecule has 6 amide bonds. The number of nitrogens with two attached hydrogens (primary N) is 1. The maximum atomic E-state index is 13.3. The summed E-state index contributed by atoms with van der Waals surface area (Å²) in [6, 6.07) is 2.13. The number of ether oxygens (including phenoxy) is 2. The highest BCUT2D eigenvalue weighted by Crippen LogP contribution is 2.20. The zero-order valence-corrected chi connectivity index (χ0v) is 25.4. The molecule has 1 aromatic carbocycles. The molecule has 14 heteroatoms. The van der Waals surface area contributed by atoms with Crippen molar-refractivity contribution in [2.45, 2.75) is 77.6 Å².